The van der Waals surface area contributed by atoms with Crippen LogP contribution >= 0.6 is 0 Å². The van der Waals surface area contributed by atoms with E-state index in [2.05, 4.69) is 18.7 Å². The molecule has 17 heavy (non-hydrogen) atoms. The summed E-state index contributed by atoms with van der Waals surface area (Å²) in [6.45, 7) is 8.08. The summed E-state index contributed by atoms with van der Waals surface area (Å²) >= 11 is 0. The monoisotopic (exact) mass is 238 g/mol. The van der Waals surface area contributed by atoms with E-state index >= 15 is 0 Å². The fraction of sp³-hybridized carbons (Fsp3) is 1.00. The lowest BCUT2D eigenvalue weighted by molar-refractivity contribution is -0.00282. The highest BCUT2D eigenvalue weighted by atomic mass is 15.2. The van der Waals surface area contributed by atoms with E-state index in [0.717, 1.165) is 18.4 Å². The van der Waals surface area contributed by atoms with Crippen LogP contribution in [-0.4, -0.2) is 30.1 Å². The van der Waals surface area contributed by atoms with Crippen molar-refractivity contribution in [1.82, 2.24) is 4.90 Å². The molecule has 2 nitrogen and oxygen atoms in total. The van der Waals surface area contributed by atoms with Crippen LogP contribution in [0, 0.1) is 11.8 Å². The van der Waals surface area contributed by atoms with E-state index in [1.807, 2.05) is 0 Å². The maximum Gasteiger partial charge on any atom is 0.0357 e. The summed E-state index contributed by atoms with van der Waals surface area (Å²) < 4.78 is 0. The first kappa shape index (κ1) is 13.4. The minimum atomic E-state index is 0.322. The lowest BCUT2D eigenvalue weighted by atomic mass is 9.71. The van der Waals surface area contributed by atoms with Crippen molar-refractivity contribution in [1.29, 1.82) is 0 Å². The zero-order valence-corrected chi connectivity index (χ0v) is 11.8. The number of rotatable bonds is 5. The molecular weight excluding hydrogens is 208 g/mol. The van der Waals surface area contributed by atoms with Crippen molar-refractivity contribution in [2.24, 2.45) is 17.6 Å². The Balaban J connectivity index is 2.06. The Kier molecular flexibility index (Phi) is 4.48. The van der Waals surface area contributed by atoms with Crippen molar-refractivity contribution in [3.05, 3.63) is 0 Å². The molecule has 0 saturated heterocycles. The molecule has 2 rings (SSSR count). The maximum atomic E-state index is 6.20. The fourth-order valence-corrected chi connectivity index (χ4v) is 3.91. The van der Waals surface area contributed by atoms with Crippen LogP contribution in [0.4, 0.5) is 0 Å². The molecule has 0 aromatic rings. The predicted molar refractivity (Wildman–Crippen MR) is 74.0 cm³/mol. The number of hydrogen-bond donors (Lipinski definition) is 1. The van der Waals surface area contributed by atoms with E-state index in [4.69, 9.17) is 5.73 Å². The quantitative estimate of drug-likeness (QED) is 0.798. The molecule has 2 N–H and O–H groups in total. The molecule has 0 aliphatic heterocycles. The van der Waals surface area contributed by atoms with Gasteiger partial charge in [-0.1, -0.05) is 33.1 Å². The molecular formula is C15H30N2. The lowest BCUT2D eigenvalue weighted by Gasteiger charge is -2.51. The molecule has 0 radical (unpaired) electrons. The average Bonchev–Trinajstić information content (AvgIpc) is 2.30. The SMILES string of the molecule is CCN(CC1CCC1)C1(CN)CCCCC1C. The van der Waals surface area contributed by atoms with Gasteiger partial charge < -0.3 is 5.73 Å². The second kappa shape index (κ2) is 5.71. The molecule has 2 unspecified atom stereocenters. The average molecular weight is 238 g/mol. The van der Waals surface area contributed by atoms with Gasteiger partial charge in [-0.2, -0.15) is 0 Å². The van der Waals surface area contributed by atoms with E-state index in [9.17, 15) is 0 Å². The first-order chi connectivity index (χ1) is 8.23. The van der Waals surface area contributed by atoms with Crippen LogP contribution in [0.1, 0.15) is 58.8 Å². The van der Waals surface area contributed by atoms with Crippen molar-refractivity contribution < 1.29 is 0 Å². The van der Waals surface area contributed by atoms with Gasteiger partial charge in [-0.15, -0.1) is 0 Å². The van der Waals surface area contributed by atoms with Crippen molar-refractivity contribution in [3.8, 4) is 0 Å². The van der Waals surface area contributed by atoms with Crippen molar-refractivity contribution in [2.45, 2.75) is 64.3 Å². The minimum absolute atomic E-state index is 0.322. The molecule has 2 heteroatoms. The Bertz CT molecular complexity index is 237. The highest BCUT2D eigenvalue weighted by molar-refractivity contribution is 4.99. The summed E-state index contributed by atoms with van der Waals surface area (Å²) in [4.78, 5) is 2.74. The van der Waals surface area contributed by atoms with Gasteiger partial charge in [0.25, 0.3) is 0 Å². The van der Waals surface area contributed by atoms with E-state index in [-0.39, 0.29) is 0 Å². The summed E-state index contributed by atoms with van der Waals surface area (Å²) in [5.74, 6) is 1.74. The number of nitrogens with two attached hydrogens (primary N) is 1. The molecule has 0 aromatic heterocycles. The van der Waals surface area contributed by atoms with Crippen LogP contribution in [0.25, 0.3) is 0 Å². The molecule has 0 spiro atoms. The Morgan fingerprint density at radius 1 is 1.18 bits per heavy atom. The third kappa shape index (κ3) is 2.53. The first-order valence-corrected chi connectivity index (χ1v) is 7.68. The van der Waals surface area contributed by atoms with E-state index in [1.165, 1.54) is 58.0 Å². The normalized spacial score (nSPS) is 34.9. The smallest absolute Gasteiger partial charge is 0.0357 e. The van der Waals surface area contributed by atoms with Crippen LogP contribution in [0.2, 0.25) is 0 Å². The molecule has 0 bridgehead atoms. The van der Waals surface area contributed by atoms with Crippen LogP contribution in [0.5, 0.6) is 0 Å². The summed E-state index contributed by atoms with van der Waals surface area (Å²) in [5, 5.41) is 0. The van der Waals surface area contributed by atoms with Crippen molar-refractivity contribution in [3.63, 3.8) is 0 Å². The first-order valence-electron chi connectivity index (χ1n) is 7.68. The summed E-state index contributed by atoms with van der Waals surface area (Å²) in [7, 11) is 0. The third-order valence-electron chi connectivity index (χ3n) is 5.48. The summed E-state index contributed by atoms with van der Waals surface area (Å²) in [6.07, 6.45) is 9.83. The van der Waals surface area contributed by atoms with E-state index in [0.29, 0.717) is 5.54 Å². The van der Waals surface area contributed by atoms with Gasteiger partial charge in [0, 0.05) is 18.6 Å². The largest absolute Gasteiger partial charge is 0.329 e. The molecule has 0 aromatic carbocycles. The minimum Gasteiger partial charge on any atom is -0.329 e. The summed E-state index contributed by atoms with van der Waals surface area (Å²) in [6, 6.07) is 0. The van der Waals surface area contributed by atoms with Gasteiger partial charge >= 0.3 is 0 Å². The van der Waals surface area contributed by atoms with Gasteiger partial charge in [-0.25, -0.2) is 0 Å². The Hall–Kier alpha value is -0.0800. The van der Waals surface area contributed by atoms with Gasteiger partial charge in [0.05, 0.1) is 0 Å². The second-order valence-electron chi connectivity index (χ2n) is 6.29. The molecule has 2 aliphatic rings. The van der Waals surface area contributed by atoms with Gasteiger partial charge in [-0.05, 0) is 44.1 Å². The molecule has 2 saturated carbocycles. The van der Waals surface area contributed by atoms with Gasteiger partial charge in [0.15, 0.2) is 0 Å². The lowest BCUT2D eigenvalue weighted by Crippen LogP contribution is -2.60. The molecule has 0 amide bonds. The van der Waals surface area contributed by atoms with E-state index in [1.54, 1.807) is 0 Å². The third-order valence-corrected chi connectivity index (χ3v) is 5.48. The summed E-state index contributed by atoms with van der Waals surface area (Å²) in [5.41, 5.74) is 6.52. The highest BCUT2D eigenvalue weighted by Crippen LogP contribution is 2.39. The van der Waals surface area contributed by atoms with Gasteiger partial charge in [0.1, 0.15) is 0 Å². The van der Waals surface area contributed by atoms with Crippen molar-refractivity contribution in [2.75, 3.05) is 19.6 Å². The highest BCUT2D eigenvalue weighted by Gasteiger charge is 2.42. The zero-order valence-electron chi connectivity index (χ0n) is 11.8. The molecule has 2 aliphatic carbocycles. The zero-order chi connectivity index (χ0) is 12.3. The number of nitrogens with zero attached hydrogens (tertiary/aromatic N) is 1. The van der Waals surface area contributed by atoms with E-state index < -0.39 is 0 Å². The van der Waals surface area contributed by atoms with Gasteiger partial charge in [-0.3, -0.25) is 4.90 Å². The van der Waals surface area contributed by atoms with Crippen molar-refractivity contribution >= 4 is 0 Å². The Morgan fingerprint density at radius 3 is 2.41 bits per heavy atom. The molecule has 100 valence electrons. The van der Waals surface area contributed by atoms with Gasteiger partial charge in [0.2, 0.25) is 0 Å². The van der Waals surface area contributed by atoms with Crippen LogP contribution in [-0.2, 0) is 0 Å². The second-order valence-corrected chi connectivity index (χ2v) is 6.29. The Labute approximate surface area is 107 Å². The number of hydrogen-bond acceptors (Lipinski definition) is 2. The molecule has 0 heterocycles. The number of likely N-dealkylation sites (N-methyl/N-ethyl adjacent to an activating group) is 1. The van der Waals surface area contributed by atoms with Crippen LogP contribution in [0.15, 0.2) is 0 Å². The standard InChI is InChI=1S/C15H30N2/c1-3-17(11-14-8-6-9-14)15(12-16)10-5-4-7-13(15)2/h13-14H,3-12,16H2,1-2H3. The van der Waals surface area contributed by atoms with Crippen LogP contribution < -0.4 is 5.73 Å². The molecule has 2 fully saturated rings. The maximum absolute atomic E-state index is 6.20. The van der Waals surface area contributed by atoms with Crippen LogP contribution in [0.3, 0.4) is 0 Å². The molecule has 2 atom stereocenters. The topological polar surface area (TPSA) is 29.3 Å². The predicted octanol–water partition coefficient (Wildman–Crippen LogP) is 3.02. The Morgan fingerprint density at radius 2 is 1.94 bits per heavy atom. The fourth-order valence-electron chi connectivity index (χ4n) is 3.91.